The van der Waals surface area contributed by atoms with Crippen molar-refractivity contribution < 1.29 is 19.0 Å². The maximum absolute atomic E-state index is 14.1. The second kappa shape index (κ2) is 4.70. The molecule has 23 heavy (non-hydrogen) atoms. The number of carbonyl (C=O) groups is 1. The Bertz CT molecular complexity index is 1020. The van der Waals surface area contributed by atoms with Crippen molar-refractivity contribution in [1.29, 1.82) is 0 Å². The highest BCUT2D eigenvalue weighted by atomic mass is 19.1. The number of pyridine rings is 1. The average molecular weight is 314 g/mol. The number of fused-ring (bicyclic) bond motifs is 3. The monoisotopic (exact) mass is 314 g/mol. The first-order chi connectivity index (χ1) is 11.1. The predicted molar refractivity (Wildman–Crippen MR) is 80.5 cm³/mol. The molecule has 2 aromatic heterocycles. The maximum atomic E-state index is 14.1. The molecule has 3 heterocycles. The number of ether oxygens (including phenoxy) is 1. The molecule has 7 heteroatoms. The number of halogens is 1. The van der Waals surface area contributed by atoms with E-state index in [0.29, 0.717) is 35.2 Å². The summed E-state index contributed by atoms with van der Waals surface area (Å²) in [5, 5.41) is 9.88. The Labute approximate surface area is 128 Å². The Morgan fingerprint density at radius 2 is 2.22 bits per heavy atom. The largest absolute Gasteiger partial charge is 0.492 e. The number of hydrogen-bond acceptors (Lipinski definition) is 3. The van der Waals surface area contributed by atoms with Crippen molar-refractivity contribution in [3.63, 3.8) is 0 Å². The topological polar surface area (TPSA) is 95.2 Å². The molecule has 3 N–H and O–H groups in total. The van der Waals surface area contributed by atoms with Crippen molar-refractivity contribution in [3.8, 4) is 16.9 Å². The van der Waals surface area contributed by atoms with E-state index in [2.05, 4.69) is 9.97 Å². The van der Waals surface area contributed by atoms with E-state index in [0.717, 1.165) is 0 Å². The first-order valence-electron chi connectivity index (χ1n) is 6.99. The number of carboxylic acid groups (broad SMARTS) is 1. The summed E-state index contributed by atoms with van der Waals surface area (Å²) >= 11 is 0. The molecule has 0 saturated carbocycles. The van der Waals surface area contributed by atoms with Crippen LogP contribution in [0.5, 0.6) is 5.75 Å². The van der Waals surface area contributed by atoms with Crippen LogP contribution in [0.25, 0.3) is 22.0 Å². The van der Waals surface area contributed by atoms with Crippen LogP contribution < -0.4 is 10.3 Å². The summed E-state index contributed by atoms with van der Waals surface area (Å²) in [5.41, 5.74) is 0.515. The SMILES string of the molecule is O=C(O)c1[nH]c2cc(F)c3c(c2c1-c1ccc[nH]c1=O)OCC3. The van der Waals surface area contributed by atoms with E-state index in [4.69, 9.17) is 4.74 Å². The fraction of sp³-hybridized carbons (Fsp3) is 0.125. The number of H-pyrrole nitrogens is 2. The summed E-state index contributed by atoms with van der Waals surface area (Å²) in [6.07, 6.45) is 1.87. The van der Waals surface area contributed by atoms with Crippen LogP contribution in [0.1, 0.15) is 16.1 Å². The van der Waals surface area contributed by atoms with Gasteiger partial charge in [0.1, 0.15) is 17.3 Å². The molecule has 0 amide bonds. The quantitative estimate of drug-likeness (QED) is 0.676. The highest BCUT2D eigenvalue weighted by Gasteiger charge is 2.28. The molecular weight excluding hydrogens is 303 g/mol. The number of aromatic carboxylic acids is 1. The fourth-order valence-corrected chi connectivity index (χ4v) is 3.03. The van der Waals surface area contributed by atoms with Crippen molar-refractivity contribution in [2.45, 2.75) is 6.42 Å². The van der Waals surface area contributed by atoms with Crippen molar-refractivity contribution in [1.82, 2.24) is 9.97 Å². The molecular formula is C16H11FN2O4. The van der Waals surface area contributed by atoms with Gasteiger partial charge in [0.05, 0.1) is 23.1 Å². The Kier molecular flexibility index (Phi) is 2.77. The Hall–Kier alpha value is -3.09. The molecule has 1 aromatic carbocycles. The van der Waals surface area contributed by atoms with Gasteiger partial charge in [-0.15, -0.1) is 0 Å². The minimum atomic E-state index is -1.23. The van der Waals surface area contributed by atoms with Crippen LogP contribution in [-0.4, -0.2) is 27.7 Å². The minimum Gasteiger partial charge on any atom is -0.492 e. The van der Waals surface area contributed by atoms with Crippen LogP contribution >= 0.6 is 0 Å². The van der Waals surface area contributed by atoms with E-state index in [1.165, 1.54) is 18.3 Å². The molecule has 3 aromatic rings. The average Bonchev–Trinajstić information content (AvgIpc) is 3.12. The van der Waals surface area contributed by atoms with E-state index in [-0.39, 0.29) is 16.8 Å². The number of aromatic amines is 2. The molecule has 0 unspecified atom stereocenters. The van der Waals surface area contributed by atoms with Crippen molar-refractivity contribution in [3.05, 3.63) is 51.8 Å². The van der Waals surface area contributed by atoms with Crippen LogP contribution in [0.2, 0.25) is 0 Å². The van der Waals surface area contributed by atoms with Gasteiger partial charge in [-0.25, -0.2) is 9.18 Å². The summed E-state index contributed by atoms with van der Waals surface area (Å²) in [6, 6.07) is 4.38. The van der Waals surface area contributed by atoms with Crippen LogP contribution in [0.4, 0.5) is 4.39 Å². The first kappa shape index (κ1) is 13.6. The third-order valence-electron chi connectivity index (χ3n) is 3.99. The van der Waals surface area contributed by atoms with E-state index >= 15 is 0 Å². The van der Waals surface area contributed by atoms with Gasteiger partial charge in [-0.1, -0.05) is 0 Å². The van der Waals surface area contributed by atoms with Crippen LogP contribution in [0, 0.1) is 5.82 Å². The second-order valence-electron chi connectivity index (χ2n) is 5.28. The van der Waals surface area contributed by atoms with Gasteiger partial charge in [0.15, 0.2) is 0 Å². The summed E-state index contributed by atoms with van der Waals surface area (Å²) in [4.78, 5) is 28.9. The van der Waals surface area contributed by atoms with Gasteiger partial charge in [-0.3, -0.25) is 4.79 Å². The molecule has 0 bridgehead atoms. The van der Waals surface area contributed by atoms with Gasteiger partial charge in [0.2, 0.25) is 0 Å². The predicted octanol–water partition coefficient (Wildman–Crippen LogP) is 2.30. The molecule has 1 aliphatic rings. The maximum Gasteiger partial charge on any atom is 0.352 e. The third kappa shape index (κ3) is 1.86. The fourth-order valence-electron chi connectivity index (χ4n) is 3.03. The highest BCUT2D eigenvalue weighted by molar-refractivity contribution is 6.10. The molecule has 0 spiro atoms. The zero-order valence-electron chi connectivity index (χ0n) is 11.8. The summed E-state index contributed by atoms with van der Waals surface area (Å²) in [5.74, 6) is -1.37. The number of carboxylic acids is 1. The number of nitrogens with one attached hydrogen (secondary N) is 2. The normalized spacial score (nSPS) is 13.1. The van der Waals surface area contributed by atoms with Gasteiger partial charge in [0, 0.05) is 23.7 Å². The van der Waals surface area contributed by atoms with Crippen LogP contribution in [0.15, 0.2) is 29.2 Å². The van der Waals surface area contributed by atoms with Crippen molar-refractivity contribution >= 4 is 16.9 Å². The molecule has 0 atom stereocenters. The molecule has 4 rings (SSSR count). The summed E-state index contributed by atoms with van der Waals surface area (Å²) < 4.78 is 19.7. The smallest absolute Gasteiger partial charge is 0.352 e. The number of rotatable bonds is 2. The Morgan fingerprint density at radius 3 is 2.96 bits per heavy atom. The second-order valence-corrected chi connectivity index (χ2v) is 5.28. The van der Waals surface area contributed by atoms with E-state index in [9.17, 15) is 19.1 Å². The van der Waals surface area contributed by atoms with E-state index in [1.54, 1.807) is 6.07 Å². The summed E-state index contributed by atoms with van der Waals surface area (Å²) in [7, 11) is 0. The molecule has 0 radical (unpaired) electrons. The van der Waals surface area contributed by atoms with E-state index < -0.39 is 17.3 Å². The first-order valence-corrected chi connectivity index (χ1v) is 6.99. The number of aromatic nitrogens is 2. The van der Waals surface area contributed by atoms with Crippen molar-refractivity contribution in [2.75, 3.05) is 6.61 Å². The summed E-state index contributed by atoms with van der Waals surface area (Å²) in [6.45, 7) is 0.323. The Balaban J connectivity index is 2.20. The zero-order chi connectivity index (χ0) is 16.1. The molecule has 0 saturated heterocycles. The highest BCUT2D eigenvalue weighted by Crippen LogP contribution is 2.42. The molecule has 0 fully saturated rings. The number of hydrogen-bond donors (Lipinski definition) is 3. The zero-order valence-corrected chi connectivity index (χ0v) is 11.8. The Morgan fingerprint density at radius 1 is 1.39 bits per heavy atom. The third-order valence-corrected chi connectivity index (χ3v) is 3.99. The van der Waals surface area contributed by atoms with E-state index in [1.807, 2.05) is 0 Å². The number of benzene rings is 1. The van der Waals surface area contributed by atoms with Gasteiger partial charge in [-0.2, -0.15) is 0 Å². The molecule has 6 nitrogen and oxygen atoms in total. The van der Waals surface area contributed by atoms with Gasteiger partial charge < -0.3 is 19.8 Å². The molecule has 0 aliphatic carbocycles. The molecule has 116 valence electrons. The lowest BCUT2D eigenvalue weighted by atomic mass is 10.00. The lowest BCUT2D eigenvalue weighted by Gasteiger charge is -2.06. The molecule has 1 aliphatic heterocycles. The lowest BCUT2D eigenvalue weighted by molar-refractivity contribution is 0.0692. The van der Waals surface area contributed by atoms with Gasteiger partial charge in [0.25, 0.3) is 5.56 Å². The lowest BCUT2D eigenvalue weighted by Crippen LogP contribution is -2.09. The van der Waals surface area contributed by atoms with Crippen LogP contribution in [0.3, 0.4) is 0 Å². The van der Waals surface area contributed by atoms with Crippen molar-refractivity contribution in [2.24, 2.45) is 0 Å². The van der Waals surface area contributed by atoms with Gasteiger partial charge in [-0.05, 0) is 18.2 Å². The minimum absolute atomic E-state index is 0.167. The van der Waals surface area contributed by atoms with Crippen LogP contribution in [-0.2, 0) is 6.42 Å². The van der Waals surface area contributed by atoms with Gasteiger partial charge >= 0.3 is 5.97 Å². The standard InChI is InChI=1S/C16H11FN2O4/c17-9-6-10-12(14-7(9)3-5-23-14)11(13(19-10)16(21)22)8-2-1-4-18-15(8)20/h1-2,4,6,19H,3,5H2,(H,18,20)(H,21,22).